The molecule has 0 aliphatic carbocycles. The maximum absolute atomic E-state index is 12.2. The molecule has 0 fully saturated rings. The molecular weight excluding hydrogens is 384 g/mol. The molecule has 0 unspecified atom stereocenters. The van der Waals surface area contributed by atoms with Crippen LogP contribution in [0.25, 0.3) is 6.08 Å². The van der Waals surface area contributed by atoms with E-state index in [0.29, 0.717) is 22.7 Å². The summed E-state index contributed by atoms with van der Waals surface area (Å²) >= 11 is 0. The molecule has 0 bridgehead atoms. The SMILES string of the molecule is CCOC(=O)C(C#N)=Cc1ccc(OCC(=O)Nc2ccc(C)c(C)c2)c(OC)c1. The lowest BCUT2D eigenvalue weighted by Crippen LogP contribution is -2.20. The quantitative estimate of drug-likeness (QED) is 0.405. The maximum Gasteiger partial charge on any atom is 0.348 e. The van der Waals surface area contributed by atoms with E-state index < -0.39 is 5.97 Å². The Bertz CT molecular complexity index is 1010. The van der Waals surface area contributed by atoms with Gasteiger partial charge in [-0.2, -0.15) is 5.26 Å². The van der Waals surface area contributed by atoms with Crippen LogP contribution in [-0.2, 0) is 14.3 Å². The minimum absolute atomic E-state index is 0.125. The number of carbonyl (C=O) groups is 2. The van der Waals surface area contributed by atoms with Crippen LogP contribution in [0.3, 0.4) is 0 Å². The summed E-state index contributed by atoms with van der Waals surface area (Å²) in [4.78, 5) is 23.9. The minimum Gasteiger partial charge on any atom is -0.493 e. The number of aryl methyl sites for hydroxylation is 2. The molecule has 156 valence electrons. The van der Waals surface area contributed by atoms with E-state index in [4.69, 9.17) is 19.5 Å². The first-order valence-electron chi connectivity index (χ1n) is 9.34. The largest absolute Gasteiger partial charge is 0.493 e. The highest BCUT2D eigenvalue weighted by molar-refractivity contribution is 5.98. The molecule has 1 amide bonds. The fourth-order valence-electron chi connectivity index (χ4n) is 2.57. The van der Waals surface area contributed by atoms with Crippen LogP contribution in [0, 0.1) is 25.2 Å². The number of nitrogens with one attached hydrogen (secondary N) is 1. The number of hydrogen-bond acceptors (Lipinski definition) is 6. The van der Waals surface area contributed by atoms with Gasteiger partial charge in [-0.25, -0.2) is 4.79 Å². The van der Waals surface area contributed by atoms with Crippen LogP contribution in [0.1, 0.15) is 23.6 Å². The van der Waals surface area contributed by atoms with E-state index in [-0.39, 0.29) is 24.7 Å². The second-order valence-electron chi connectivity index (χ2n) is 6.44. The molecule has 0 radical (unpaired) electrons. The third kappa shape index (κ3) is 6.11. The van der Waals surface area contributed by atoms with Gasteiger partial charge in [-0.1, -0.05) is 12.1 Å². The second kappa shape index (κ2) is 10.7. The van der Waals surface area contributed by atoms with E-state index in [0.717, 1.165) is 11.1 Å². The first-order valence-corrected chi connectivity index (χ1v) is 9.34. The van der Waals surface area contributed by atoms with Crippen molar-refractivity contribution in [1.29, 1.82) is 5.26 Å². The molecule has 0 aromatic heterocycles. The zero-order valence-corrected chi connectivity index (χ0v) is 17.4. The number of anilines is 1. The summed E-state index contributed by atoms with van der Waals surface area (Å²) in [5, 5.41) is 11.9. The molecule has 0 saturated carbocycles. The minimum atomic E-state index is -0.692. The van der Waals surface area contributed by atoms with Crippen LogP contribution in [0.2, 0.25) is 0 Å². The lowest BCUT2D eigenvalue weighted by molar-refractivity contribution is -0.137. The van der Waals surface area contributed by atoms with Crippen molar-refractivity contribution in [1.82, 2.24) is 0 Å². The molecule has 0 atom stereocenters. The first-order chi connectivity index (χ1) is 14.4. The summed E-state index contributed by atoms with van der Waals surface area (Å²) in [6.07, 6.45) is 1.40. The van der Waals surface area contributed by atoms with Gasteiger partial charge in [0.25, 0.3) is 5.91 Å². The van der Waals surface area contributed by atoms with E-state index >= 15 is 0 Å². The number of hydrogen-bond donors (Lipinski definition) is 1. The second-order valence-corrected chi connectivity index (χ2v) is 6.44. The van der Waals surface area contributed by atoms with Crippen molar-refractivity contribution in [3.8, 4) is 17.6 Å². The van der Waals surface area contributed by atoms with Crippen LogP contribution >= 0.6 is 0 Å². The standard InChI is InChI=1S/C23H24N2O5/c1-5-29-23(27)18(13-24)11-17-7-9-20(21(12-17)28-4)30-14-22(26)25-19-8-6-15(2)16(3)10-19/h6-12H,5,14H2,1-4H3,(H,25,26). The molecule has 7 nitrogen and oxygen atoms in total. The Morgan fingerprint density at radius 1 is 1.10 bits per heavy atom. The summed E-state index contributed by atoms with van der Waals surface area (Å²) in [7, 11) is 1.46. The highest BCUT2D eigenvalue weighted by Gasteiger charge is 2.12. The van der Waals surface area contributed by atoms with Gasteiger partial charge < -0.3 is 19.5 Å². The van der Waals surface area contributed by atoms with Gasteiger partial charge in [0.15, 0.2) is 18.1 Å². The normalized spacial score (nSPS) is 10.7. The van der Waals surface area contributed by atoms with E-state index in [9.17, 15) is 9.59 Å². The van der Waals surface area contributed by atoms with Gasteiger partial charge in [0, 0.05) is 5.69 Å². The van der Waals surface area contributed by atoms with Crippen LogP contribution in [0.15, 0.2) is 42.0 Å². The monoisotopic (exact) mass is 408 g/mol. The molecule has 2 rings (SSSR count). The highest BCUT2D eigenvalue weighted by atomic mass is 16.5. The third-order valence-corrected chi connectivity index (χ3v) is 4.26. The fraction of sp³-hybridized carbons (Fsp3) is 0.261. The summed E-state index contributed by atoms with van der Waals surface area (Å²) in [6.45, 7) is 5.62. The molecular formula is C23H24N2O5. The lowest BCUT2D eigenvalue weighted by Gasteiger charge is -2.12. The van der Waals surface area contributed by atoms with Gasteiger partial charge in [0.05, 0.1) is 13.7 Å². The van der Waals surface area contributed by atoms with Crippen molar-refractivity contribution in [3.05, 3.63) is 58.7 Å². The number of nitriles is 1. The molecule has 2 aromatic rings. The summed E-state index contributed by atoms with van der Waals surface area (Å²) in [5.74, 6) is -0.274. The van der Waals surface area contributed by atoms with Crippen molar-refractivity contribution in [2.45, 2.75) is 20.8 Å². The number of esters is 1. The molecule has 0 aliphatic rings. The fourth-order valence-corrected chi connectivity index (χ4v) is 2.57. The van der Waals surface area contributed by atoms with Crippen LogP contribution in [-0.4, -0.2) is 32.2 Å². The smallest absolute Gasteiger partial charge is 0.348 e. The molecule has 2 aromatic carbocycles. The Morgan fingerprint density at radius 3 is 2.50 bits per heavy atom. The predicted molar refractivity (Wildman–Crippen MR) is 113 cm³/mol. The Kier molecular flexibility index (Phi) is 8.00. The van der Waals surface area contributed by atoms with Gasteiger partial charge in [-0.15, -0.1) is 0 Å². The predicted octanol–water partition coefficient (Wildman–Crippen LogP) is 3.80. The molecule has 0 heterocycles. The number of nitrogens with zero attached hydrogens (tertiary/aromatic N) is 1. The van der Waals surface area contributed by atoms with Crippen molar-refractivity contribution in [3.63, 3.8) is 0 Å². The number of benzene rings is 2. The van der Waals surface area contributed by atoms with E-state index in [1.54, 1.807) is 25.1 Å². The average Bonchev–Trinajstić information content (AvgIpc) is 2.73. The first kappa shape index (κ1) is 22.5. The van der Waals surface area contributed by atoms with E-state index in [1.165, 1.54) is 13.2 Å². The van der Waals surface area contributed by atoms with Gasteiger partial charge >= 0.3 is 5.97 Å². The highest BCUT2D eigenvalue weighted by Crippen LogP contribution is 2.29. The lowest BCUT2D eigenvalue weighted by atomic mass is 10.1. The molecule has 0 spiro atoms. The van der Waals surface area contributed by atoms with Gasteiger partial charge in [-0.05, 0) is 67.8 Å². The summed E-state index contributed by atoms with van der Waals surface area (Å²) in [6, 6.07) is 12.3. The van der Waals surface area contributed by atoms with Crippen LogP contribution in [0.4, 0.5) is 5.69 Å². The Balaban J connectivity index is 2.07. The van der Waals surface area contributed by atoms with Crippen molar-refractivity contribution in [2.24, 2.45) is 0 Å². The van der Waals surface area contributed by atoms with Gasteiger partial charge in [0.2, 0.25) is 0 Å². The topological polar surface area (TPSA) is 97.7 Å². The van der Waals surface area contributed by atoms with E-state index in [1.807, 2.05) is 38.1 Å². The van der Waals surface area contributed by atoms with Crippen molar-refractivity contribution >= 4 is 23.6 Å². The number of ether oxygens (including phenoxy) is 3. The number of carbonyl (C=O) groups excluding carboxylic acids is 2. The number of rotatable bonds is 8. The molecule has 0 saturated heterocycles. The third-order valence-electron chi connectivity index (χ3n) is 4.26. The van der Waals surface area contributed by atoms with Crippen molar-refractivity contribution < 1.29 is 23.8 Å². The van der Waals surface area contributed by atoms with Gasteiger partial charge in [-0.3, -0.25) is 4.79 Å². The Morgan fingerprint density at radius 2 is 1.87 bits per heavy atom. The number of amides is 1. The van der Waals surface area contributed by atoms with Crippen molar-refractivity contribution in [2.75, 3.05) is 25.6 Å². The maximum atomic E-state index is 12.2. The Hall–Kier alpha value is -3.79. The van der Waals surface area contributed by atoms with Crippen LogP contribution < -0.4 is 14.8 Å². The van der Waals surface area contributed by atoms with Crippen LogP contribution in [0.5, 0.6) is 11.5 Å². The zero-order chi connectivity index (χ0) is 22.1. The number of methoxy groups -OCH3 is 1. The average molecular weight is 408 g/mol. The van der Waals surface area contributed by atoms with Gasteiger partial charge in [0.1, 0.15) is 11.6 Å². The summed E-state index contributed by atoms with van der Waals surface area (Å²) in [5.41, 5.74) is 3.36. The zero-order valence-electron chi connectivity index (χ0n) is 17.4. The molecule has 7 heteroatoms. The summed E-state index contributed by atoms with van der Waals surface area (Å²) < 4.78 is 15.7. The molecule has 1 N–H and O–H groups in total. The molecule has 30 heavy (non-hydrogen) atoms. The molecule has 0 aliphatic heterocycles. The van der Waals surface area contributed by atoms with E-state index in [2.05, 4.69) is 5.32 Å². The Labute approximate surface area is 175 Å².